The van der Waals surface area contributed by atoms with Crippen LogP contribution in [-0.2, 0) is 16.1 Å². The highest BCUT2D eigenvalue weighted by atomic mass is 19.1. The van der Waals surface area contributed by atoms with Gasteiger partial charge in [-0.1, -0.05) is 24.3 Å². The van der Waals surface area contributed by atoms with Crippen molar-refractivity contribution in [3.05, 3.63) is 71.6 Å². The lowest BCUT2D eigenvalue weighted by Gasteiger charge is -2.47. The first-order valence-corrected chi connectivity index (χ1v) is 17.0. The number of likely N-dealkylation sites (tertiary alicyclic amines) is 1. The van der Waals surface area contributed by atoms with Crippen molar-refractivity contribution >= 4 is 11.8 Å². The number of nitrogens with one attached hydrogen (secondary N) is 3. The molecule has 2 atom stereocenters. The molecular formula is C37H37F2N7O5. The Labute approximate surface area is 292 Å². The van der Waals surface area contributed by atoms with E-state index in [0.717, 1.165) is 18.4 Å². The zero-order valence-electron chi connectivity index (χ0n) is 28.2. The van der Waals surface area contributed by atoms with Gasteiger partial charge in [0.1, 0.15) is 29.7 Å². The number of methoxy groups -OCH3 is 2. The number of halogens is 2. The standard InChI is InChI=1S/C37H37F2N7O5/c1-49-35-27(16-46-18-37(19-46)12-11-31(48)45-37)41-15-26(44-35)24-8-4-6-22(34(24)39)21-5-3-7-23(33(21)38)25-13-29-32(36(43-25)50-2)28(17-51-29)40-14-20-9-10-30(47)42-20/h3-8,13,15,20,28,40H,9-12,14,16-19H2,1-2H3,(H,42,47)(H,45,48). The summed E-state index contributed by atoms with van der Waals surface area (Å²) in [4.78, 5) is 39.3. The fourth-order valence-electron chi connectivity index (χ4n) is 7.59. The molecule has 6 heterocycles. The quantitative estimate of drug-likeness (QED) is 0.223. The molecule has 12 nitrogen and oxygen atoms in total. The van der Waals surface area contributed by atoms with Gasteiger partial charge in [-0.3, -0.25) is 19.5 Å². The van der Waals surface area contributed by atoms with Crippen LogP contribution in [0, 0.1) is 11.6 Å². The van der Waals surface area contributed by atoms with Gasteiger partial charge in [-0.15, -0.1) is 0 Å². The molecule has 2 unspecified atom stereocenters. The number of hydrogen-bond donors (Lipinski definition) is 3. The number of pyridine rings is 1. The molecule has 51 heavy (non-hydrogen) atoms. The fraction of sp³-hybridized carbons (Fsp3) is 0.378. The van der Waals surface area contributed by atoms with Crippen molar-refractivity contribution in [3.63, 3.8) is 0 Å². The molecular weight excluding hydrogens is 660 g/mol. The molecule has 4 aliphatic heterocycles. The first-order chi connectivity index (χ1) is 24.7. The molecule has 4 aliphatic rings. The lowest BCUT2D eigenvalue weighted by Crippen LogP contribution is -2.66. The topological polar surface area (TPSA) is 140 Å². The van der Waals surface area contributed by atoms with Crippen molar-refractivity contribution in [2.24, 2.45) is 0 Å². The summed E-state index contributed by atoms with van der Waals surface area (Å²) in [6, 6.07) is 11.0. The summed E-state index contributed by atoms with van der Waals surface area (Å²) in [6.07, 6.45) is 4.13. The van der Waals surface area contributed by atoms with E-state index in [1.807, 2.05) is 0 Å². The maximum Gasteiger partial charge on any atom is 0.237 e. The van der Waals surface area contributed by atoms with Crippen molar-refractivity contribution in [3.8, 4) is 51.2 Å². The van der Waals surface area contributed by atoms with Gasteiger partial charge >= 0.3 is 0 Å². The van der Waals surface area contributed by atoms with Gasteiger partial charge in [0.25, 0.3) is 0 Å². The Morgan fingerprint density at radius 2 is 1.63 bits per heavy atom. The number of hydrogen-bond acceptors (Lipinski definition) is 10. The van der Waals surface area contributed by atoms with Crippen LogP contribution in [0.1, 0.15) is 43.0 Å². The van der Waals surface area contributed by atoms with E-state index in [4.69, 9.17) is 14.2 Å². The third-order valence-corrected chi connectivity index (χ3v) is 10.1. The molecule has 3 fully saturated rings. The number of carbonyl (C=O) groups excluding carboxylic acids is 2. The third-order valence-electron chi connectivity index (χ3n) is 10.1. The zero-order valence-corrected chi connectivity index (χ0v) is 28.2. The summed E-state index contributed by atoms with van der Waals surface area (Å²) < 4.78 is 49.9. The van der Waals surface area contributed by atoms with Gasteiger partial charge in [-0.25, -0.2) is 18.7 Å². The molecule has 1 spiro atoms. The van der Waals surface area contributed by atoms with Gasteiger partial charge in [0.15, 0.2) is 0 Å². The van der Waals surface area contributed by atoms with Gasteiger partial charge in [0, 0.05) is 73.4 Å². The van der Waals surface area contributed by atoms with Gasteiger partial charge in [-0.05, 0) is 25.0 Å². The van der Waals surface area contributed by atoms with E-state index in [9.17, 15) is 9.59 Å². The van der Waals surface area contributed by atoms with Gasteiger partial charge in [-0.2, -0.15) is 0 Å². The first-order valence-electron chi connectivity index (χ1n) is 17.0. The van der Waals surface area contributed by atoms with Gasteiger partial charge in [0.2, 0.25) is 23.6 Å². The first kappa shape index (κ1) is 33.0. The average Bonchev–Trinajstić information content (AvgIpc) is 3.85. The predicted octanol–water partition coefficient (Wildman–Crippen LogP) is 3.93. The van der Waals surface area contributed by atoms with Crippen molar-refractivity contribution < 1.29 is 32.6 Å². The molecule has 14 heteroatoms. The number of rotatable bonds is 10. The van der Waals surface area contributed by atoms with Crippen LogP contribution in [0.2, 0.25) is 0 Å². The van der Waals surface area contributed by atoms with Crippen LogP contribution in [0.4, 0.5) is 8.78 Å². The number of fused-ring (bicyclic) bond motifs is 1. The van der Waals surface area contributed by atoms with Crippen molar-refractivity contribution in [2.75, 3.05) is 40.5 Å². The van der Waals surface area contributed by atoms with Gasteiger partial charge in [0.05, 0.1) is 48.9 Å². The SMILES string of the molecule is COc1nc(-c2cccc(-c3cccc(-c4cc5c(c(OC)n4)C(NCC4CCC(=O)N4)CO5)c3F)c2F)cnc1CN1CC2(CCC(=O)N2)C1. The molecule has 2 aromatic heterocycles. The van der Waals surface area contributed by atoms with Crippen molar-refractivity contribution in [2.45, 2.75) is 49.9 Å². The molecule has 0 saturated carbocycles. The highest BCUT2D eigenvalue weighted by molar-refractivity contribution is 5.80. The molecule has 8 rings (SSSR count). The summed E-state index contributed by atoms with van der Waals surface area (Å²) in [5.41, 5.74) is 2.08. The highest BCUT2D eigenvalue weighted by Crippen LogP contribution is 2.43. The Morgan fingerprint density at radius 1 is 0.941 bits per heavy atom. The molecule has 264 valence electrons. The molecule has 0 aliphatic carbocycles. The minimum atomic E-state index is -0.658. The van der Waals surface area contributed by atoms with Crippen LogP contribution in [-0.4, -0.2) is 83.7 Å². The normalized spacial score (nSPS) is 20.5. The second-order valence-electron chi connectivity index (χ2n) is 13.5. The minimum Gasteiger partial charge on any atom is -0.491 e. The van der Waals surface area contributed by atoms with Crippen molar-refractivity contribution in [1.82, 2.24) is 35.8 Å². The molecule has 3 N–H and O–H groups in total. The fourth-order valence-corrected chi connectivity index (χ4v) is 7.59. The van der Waals surface area contributed by atoms with E-state index in [1.54, 1.807) is 30.3 Å². The molecule has 0 radical (unpaired) electrons. The summed E-state index contributed by atoms with van der Waals surface area (Å²) in [6.45, 7) is 2.79. The second kappa shape index (κ2) is 13.2. The minimum absolute atomic E-state index is 0.0382. The average molecular weight is 698 g/mol. The molecule has 2 aromatic carbocycles. The third kappa shape index (κ3) is 6.12. The summed E-state index contributed by atoms with van der Waals surface area (Å²) in [5, 5.41) is 9.45. The maximum absolute atomic E-state index is 16.4. The Kier molecular flexibility index (Phi) is 8.51. The Morgan fingerprint density at radius 3 is 2.27 bits per heavy atom. The number of benzene rings is 2. The van der Waals surface area contributed by atoms with E-state index < -0.39 is 11.6 Å². The van der Waals surface area contributed by atoms with Crippen LogP contribution in [0.15, 0.2) is 48.7 Å². The predicted molar refractivity (Wildman–Crippen MR) is 182 cm³/mol. The van der Waals surface area contributed by atoms with E-state index in [2.05, 4.69) is 35.8 Å². The maximum atomic E-state index is 16.4. The van der Waals surface area contributed by atoms with Crippen LogP contribution < -0.4 is 30.2 Å². The summed E-state index contributed by atoms with van der Waals surface area (Å²) in [5.74, 6) is -0.117. The van der Waals surface area contributed by atoms with E-state index >= 15 is 8.78 Å². The van der Waals surface area contributed by atoms with E-state index in [0.29, 0.717) is 63.0 Å². The number of carbonyl (C=O) groups is 2. The second-order valence-corrected chi connectivity index (χ2v) is 13.5. The van der Waals surface area contributed by atoms with Crippen LogP contribution >= 0.6 is 0 Å². The molecule has 3 saturated heterocycles. The lowest BCUT2D eigenvalue weighted by molar-refractivity contribution is -0.121. The monoisotopic (exact) mass is 697 g/mol. The van der Waals surface area contributed by atoms with E-state index in [1.165, 1.54) is 32.5 Å². The number of nitrogens with zero attached hydrogens (tertiary/aromatic N) is 4. The molecule has 2 amide bonds. The Balaban J connectivity index is 1.04. The molecule has 4 aromatic rings. The smallest absolute Gasteiger partial charge is 0.237 e. The summed E-state index contributed by atoms with van der Waals surface area (Å²) in [7, 11) is 2.98. The van der Waals surface area contributed by atoms with Crippen LogP contribution in [0.5, 0.6) is 17.5 Å². The van der Waals surface area contributed by atoms with Crippen LogP contribution in [0.3, 0.4) is 0 Å². The highest BCUT2D eigenvalue weighted by Gasteiger charge is 2.47. The Hall–Kier alpha value is -5.21. The number of ether oxygens (including phenoxy) is 3. The molecule has 0 bridgehead atoms. The largest absolute Gasteiger partial charge is 0.491 e. The summed E-state index contributed by atoms with van der Waals surface area (Å²) >= 11 is 0. The number of amides is 2. The zero-order chi connectivity index (χ0) is 35.3. The Bertz CT molecular complexity index is 2040. The number of aromatic nitrogens is 3. The lowest BCUT2D eigenvalue weighted by atomic mass is 9.88. The van der Waals surface area contributed by atoms with E-state index in [-0.39, 0.29) is 69.0 Å². The van der Waals surface area contributed by atoms with Gasteiger partial charge < -0.3 is 30.2 Å². The van der Waals surface area contributed by atoms with Crippen LogP contribution in [0.25, 0.3) is 33.6 Å². The van der Waals surface area contributed by atoms with Crippen molar-refractivity contribution in [1.29, 1.82) is 0 Å².